The monoisotopic (exact) mass is 185 g/mol. The molecule has 0 aromatic heterocycles. The molecular weight excluding hydrogens is 166 g/mol. The van der Waals surface area contributed by atoms with Crippen LogP contribution in [0.25, 0.3) is 0 Å². The van der Waals surface area contributed by atoms with Gasteiger partial charge in [0.25, 0.3) is 0 Å². The Labute approximate surface area is 80.1 Å². The van der Waals surface area contributed by atoms with Gasteiger partial charge < -0.3 is 9.64 Å². The highest BCUT2D eigenvalue weighted by atomic mass is 16.5. The Morgan fingerprint density at radius 3 is 2.69 bits per heavy atom. The fourth-order valence-corrected chi connectivity index (χ4v) is 1.87. The van der Waals surface area contributed by atoms with E-state index in [1.54, 1.807) is 0 Å². The zero-order chi connectivity index (χ0) is 10.1. The lowest BCUT2D eigenvalue weighted by Crippen LogP contribution is -2.40. The largest absolute Gasteiger partial charge is 0.466 e. The molecule has 1 aliphatic heterocycles. The number of ether oxygens (including phenoxy) is 1. The highest BCUT2D eigenvalue weighted by molar-refractivity contribution is 5.77. The third-order valence-corrected chi connectivity index (χ3v) is 3.31. The van der Waals surface area contributed by atoms with Crippen LogP contribution in [-0.4, -0.2) is 37.1 Å². The molecule has 0 aromatic carbocycles. The van der Waals surface area contributed by atoms with Crippen molar-refractivity contribution in [2.45, 2.75) is 33.2 Å². The van der Waals surface area contributed by atoms with Gasteiger partial charge >= 0.3 is 5.97 Å². The highest BCUT2D eigenvalue weighted by Crippen LogP contribution is 2.36. The first kappa shape index (κ1) is 10.5. The molecule has 1 heterocycles. The average molecular weight is 185 g/mol. The van der Waals surface area contributed by atoms with Crippen molar-refractivity contribution >= 4 is 5.97 Å². The maximum atomic E-state index is 11.7. The molecule has 0 saturated carbocycles. The van der Waals surface area contributed by atoms with E-state index < -0.39 is 0 Å². The average Bonchev–Trinajstić information content (AvgIpc) is 2.35. The maximum absolute atomic E-state index is 11.7. The molecule has 1 saturated heterocycles. The van der Waals surface area contributed by atoms with Crippen LogP contribution in [-0.2, 0) is 9.53 Å². The number of esters is 1. The van der Waals surface area contributed by atoms with Crippen molar-refractivity contribution in [2.24, 2.45) is 5.41 Å². The van der Waals surface area contributed by atoms with E-state index in [-0.39, 0.29) is 17.4 Å². The molecule has 76 valence electrons. The molecule has 0 N–H and O–H groups in total. The van der Waals surface area contributed by atoms with Crippen LogP contribution in [0.4, 0.5) is 0 Å². The fourth-order valence-electron chi connectivity index (χ4n) is 1.87. The van der Waals surface area contributed by atoms with Crippen molar-refractivity contribution in [3.63, 3.8) is 0 Å². The van der Waals surface area contributed by atoms with Crippen LogP contribution in [0.3, 0.4) is 0 Å². The van der Waals surface area contributed by atoms with Crippen LogP contribution < -0.4 is 0 Å². The van der Waals surface area contributed by atoms with Gasteiger partial charge in [0.1, 0.15) is 0 Å². The zero-order valence-electron chi connectivity index (χ0n) is 8.96. The van der Waals surface area contributed by atoms with Gasteiger partial charge in [-0.2, -0.15) is 0 Å². The van der Waals surface area contributed by atoms with E-state index in [2.05, 4.69) is 18.9 Å². The molecule has 0 bridgehead atoms. The van der Waals surface area contributed by atoms with Crippen LogP contribution in [0.15, 0.2) is 0 Å². The van der Waals surface area contributed by atoms with E-state index in [1.807, 2.05) is 13.8 Å². The van der Waals surface area contributed by atoms with E-state index >= 15 is 0 Å². The third kappa shape index (κ3) is 1.70. The number of carbonyl (C=O) groups excluding carboxylic acids is 1. The predicted octanol–water partition coefficient (Wildman–Crippen LogP) is 1.28. The molecule has 0 amide bonds. The smallest absolute Gasteiger partial charge is 0.313 e. The third-order valence-electron chi connectivity index (χ3n) is 3.31. The van der Waals surface area contributed by atoms with Crippen molar-refractivity contribution < 1.29 is 9.53 Å². The SMILES string of the molecule is CCOC(=O)C1(C)CCN(C)C1C. The van der Waals surface area contributed by atoms with Crippen molar-refractivity contribution in [3.05, 3.63) is 0 Å². The first-order valence-corrected chi connectivity index (χ1v) is 4.90. The van der Waals surface area contributed by atoms with Crippen molar-refractivity contribution in [3.8, 4) is 0 Å². The van der Waals surface area contributed by atoms with E-state index in [0.29, 0.717) is 6.61 Å². The summed E-state index contributed by atoms with van der Waals surface area (Å²) in [6.07, 6.45) is 0.906. The van der Waals surface area contributed by atoms with E-state index in [4.69, 9.17) is 4.74 Å². The minimum atomic E-state index is -0.301. The normalized spacial score (nSPS) is 34.9. The number of carbonyl (C=O) groups is 1. The molecule has 1 rings (SSSR count). The molecule has 0 aliphatic carbocycles. The first-order chi connectivity index (χ1) is 6.02. The molecule has 2 unspecified atom stereocenters. The van der Waals surface area contributed by atoms with Crippen molar-refractivity contribution in [2.75, 3.05) is 20.2 Å². The number of likely N-dealkylation sites (tertiary alicyclic amines) is 1. The second kappa shape index (κ2) is 3.66. The van der Waals surface area contributed by atoms with Crippen LogP contribution in [0.5, 0.6) is 0 Å². The summed E-state index contributed by atoms with van der Waals surface area (Å²) in [6, 6.07) is 0.284. The van der Waals surface area contributed by atoms with Crippen LogP contribution in [0.2, 0.25) is 0 Å². The second-order valence-electron chi connectivity index (χ2n) is 4.04. The van der Waals surface area contributed by atoms with Gasteiger partial charge in [-0.25, -0.2) is 0 Å². The van der Waals surface area contributed by atoms with Crippen molar-refractivity contribution in [1.29, 1.82) is 0 Å². The molecule has 0 aromatic rings. The van der Waals surface area contributed by atoms with Gasteiger partial charge in [0.05, 0.1) is 12.0 Å². The van der Waals surface area contributed by atoms with E-state index in [1.165, 1.54) is 0 Å². The summed E-state index contributed by atoms with van der Waals surface area (Å²) in [7, 11) is 2.05. The predicted molar refractivity (Wildman–Crippen MR) is 51.4 cm³/mol. The quantitative estimate of drug-likeness (QED) is 0.607. The Morgan fingerprint density at radius 1 is 1.69 bits per heavy atom. The summed E-state index contributed by atoms with van der Waals surface area (Å²) in [5.41, 5.74) is -0.301. The fraction of sp³-hybridized carbons (Fsp3) is 0.900. The number of hydrogen-bond acceptors (Lipinski definition) is 3. The van der Waals surface area contributed by atoms with Crippen LogP contribution in [0, 0.1) is 5.41 Å². The lowest BCUT2D eigenvalue weighted by molar-refractivity contribution is -0.155. The molecule has 1 aliphatic rings. The summed E-state index contributed by atoms with van der Waals surface area (Å²) in [5, 5.41) is 0. The Bertz CT molecular complexity index is 205. The topological polar surface area (TPSA) is 29.5 Å². The first-order valence-electron chi connectivity index (χ1n) is 4.90. The molecule has 3 heteroatoms. The van der Waals surface area contributed by atoms with Gasteiger partial charge in [-0.3, -0.25) is 4.79 Å². The Kier molecular flexibility index (Phi) is 2.96. The number of nitrogens with zero attached hydrogens (tertiary/aromatic N) is 1. The summed E-state index contributed by atoms with van der Waals surface area (Å²) in [4.78, 5) is 13.9. The van der Waals surface area contributed by atoms with Crippen LogP contribution in [0.1, 0.15) is 27.2 Å². The van der Waals surface area contributed by atoms with E-state index in [9.17, 15) is 4.79 Å². The van der Waals surface area contributed by atoms with Crippen molar-refractivity contribution in [1.82, 2.24) is 4.90 Å². The highest BCUT2D eigenvalue weighted by Gasteiger charge is 2.46. The van der Waals surface area contributed by atoms with Gasteiger partial charge in [-0.1, -0.05) is 0 Å². The summed E-state index contributed by atoms with van der Waals surface area (Å²) in [5.74, 6) is -0.0492. The lowest BCUT2D eigenvalue weighted by Gasteiger charge is -2.28. The molecule has 3 nitrogen and oxygen atoms in total. The van der Waals surface area contributed by atoms with Gasteiger partial charge in [-0.05, 0) is 40.8 Å². The maximum Gasteiger partial charge on any atom is 0.313 e. The molecule has 1 fully saturated rings. The summed E-state index contributed by atoms with van der Waals surface area (Å²) < 4.78 is 5.08. The molecular formula is C10H19NO2. The van der Waals surface area contributed by atoms with Gasteiger partial charge in [0.15, 0.2) is 0 Å². The summed E-state index contributed by atoms with van der Waals surface area (Å²) >= 11 is 0. The minimum Gasteiger partial charge on any atom is -0.466 e. The van der Waals surface area contributed by atoms with E-state index in [0.717, 1.165) is 13.0 Å². The van der Waals surface area contributed by atoms with Gasteiger partial charge in [0, 0.05) is 6.04 Å². The van der Waals surface area contributed by atoms with Gasteiger partial charge in [0.2, 0.25) is 0 Å². The standard InChI is InChI=1S/C10H19NO2/c1-5-13-9(12)10(3)6-7-11(4)8(10)2/h8H,5-7H2,1-4H3. The Hall–Kier alpha value is -0.570. The second-order valence-corrected chi connectivity index (χ2v) is 4.04. The Balaban J connectivity index is 2.71. The van der Waals surface area contributed by atoms with Crippen LogP contribution >= 0.6 is 0 Å². The number of hydrogen-bond donors (Lipinski definition) is 0. The Morgan fingerprint density at radius 2 is 2.31 bits per heavy atom. The minimum absolute atomic E-state index is 0.0492. The zero-order valence-corrected chi connectivity index (χ0v) is 8.96. The molecule has 2 atom stereocenters. The number of rotatable bonds is 2. The van der Waals surface area contributed by atoms with Gasteiger partial charge in [-0.15, -0.1) is 0 Å². The molecule has 0 spiro atoms. The molecule has 0 radical (unpaired) electrons. The summed E-state index contributed by atoms with van der Waals surface area (Å²) in [6.45, 7) is 7.40. The molecule has 13 heavy (non-hydrogen) atoms. The lowest BCUT2D eigenvalue weighted by atomic mass is 9.83.